The Morgan fingerprint density at radius 2 is 2.31 bits per heavy atom. The van der Waals surface area contributed by atoms with Gasteiger partial charge >= 0.3 is 0 Å². The first-order valence-electron chi connectivity index (χ1n) is 4.08. The van der Waals surface area contributed by atoms with Crippen LogP contribution in [-0.2, 0) is 0 Å². The number of benzene rings is 1. The van der Waals surface area contributed by atoms with Crippen molar-refractivity contribution in [1.29, 1.82) is 5.26 Å². The molecule has 2 N–H and O–H groups in total. The number of hydrogen-bond donors (Lipinski definition) is 1. The van der Waals surface area contributed by atoms with E-state index in [1.165, 1.54) is 6.07 Å². The van der Waals surface area contributed by atoms with Gasteiger partial charge in [-0.1, -0.05) is 13.0 Å². The van der Waals surface area contributed by atoms with Crippen LogP contribution >= 0.6 is 0 Å². The maximum atomic E-state index is 13.3. The lowest BCUT2D eigenvalue weighted by molar-refractivity contribution is 0.590. The molecule has 1 atom stereocenters. The van der Waals surface area contributed by atoms with E-state index in [2.05, 4.69) is 0 Å². The van der Waals surface area contributed by atoms with Crippen LogP contribution in [0.3, 0.4) is 0 Å². The molecule has 0 radical (unpaired) electrons. The zero-order valence-corrected chi connectivity index (χ0v) is 7.42. The smallest absolute Gasteiger partial charge is 0.128 e. The van der Waals surface area contributed by atoms with Crippen molar-refractivity contribution in [2.45, 2.75) is 12.8 Å². The molecule has 13 heavy (non-hydrogen) atoms. The second-order valence-corrected chi connectivity index (χ2v) is 2.98. The summed E-state index contributed by atoms with van der Waals surface area (Å²) in [5, 5.41) is 8.51. The Hall–Kier alpha value is -1.40. The molecule has 0 spiro atoms. The molecule has 0 aliphatic carbocycles. The van der Waals surface area contributed by atoms with Crippen LogP contribution < -0.4 is 5.73 Å². The molecule has 0 fully saturated rings. The van der Waals surface area contributed by atoms with Crippen LogP contribution in [0.1, 0.15) is 24.0 Å². The summed E-state index contributed by atoms with van der Waals surface area (Å²) in [6.45, 7) is 2.26. The van der Waals surface area contributed by atoms with E-state index in [0.717, 1.165) is 0 Å². The predicted molar refractivity (Wildman–Crippen MR) is 48.6 cm³/mol. The molecule has 0 saturated carbocycles. The van der Waals surface area contributed by atoms with Crippen LogP contribution in [0.4, 0.5) is 4.39 Å². The fraction of sp³-hybridized carbons (Fsp3) is 0.300. The zero-order valence-electron chi connectivity index (χ0n) is 7.42. The van der Waals surface area contributed by atoms with E-state index in [0.29, 0.717) is 17.7 Å². The minimum absolute atomic E-state index is 0.00672. The summed E-state index contributed by atoms with van der Waals surface area (Å²) >= 11 is 0. The first-order chi connectivity index (χ1) is 6.19. The van der Waals surface area contributed by atoms with Crippen molar-refractivity contribution in [3.63, 3.8) is 0 Å². The molecule has 1 aromatic rings. The molecule has 3 heteroatoms. The maximum Gasteiger partial charge on any atom is 0.128 e. The maximum absolute atomic E-state index is 13.3. The molecule has 0 unspecified atom stereocenters. The van der Waals surface area contributed by atoms with Crippen LogP contribution in [0.2, 0.25) is 0 Å². The van der Waals surface area contributed by atoms with Gasteiger partial charge in [0, 0.05) is 0 Å². The van der Waals surface area contributed by atoms with Gasteiger partial charge in [0.15, 0.2) is 0 Å². The van der Waals surface area contributed by atoms with E-state index >= 15 is 0 Å². The molecule has 1 rings (SSSR count). The second kappa shape index (κ2) is 4.01. The zero-order chi connectivity index (χ0) is 9.84. The van der Waals surface area contributed by atoms with Gasteiger partial charge in [0.05, 0.1) is 11.6 Å². The van der Waals surface area contributed by atoms with Gasteiger partial charge in [-0.3, -0.25) is 0 Å². The Kier molecular flexibility index (Phi) is 2.99. The van der Waals surface area contributed by atoms with Crippen molar-refractivity contribution in [2.24, 2.45) is 5.73 Å². The van der Waals surface area contributed by atoms with Gasteiger partial charge in [0.1, 0.15) is 5.82 Å². The number of nitrogens with zero attached hydrogens (tertiary/aromatic N) is 1. The Labute approximate surface area is 76.8 Å². The predicted octanol–water partition coefficient (Wildman–Crippen LogP) is 1.76. The highest BCUT2D eigenvalue weighted by Crippen LogP contribution is 2.18. The highest BCUT2D eigenvalue weighted by Gasteiger charge is 2.09. The lowest BCUT2D eigenvalue weighted by atomic mass is 9.99. The molecule has 0 aromatic heterocycles. The fourth-order valence-electron chi connectivity index (χ4n) is 1.12. The number of halogens is 1. The van der Waals surface area contributed by atoms with Gasteiger partial charge in [0.2, 0.25) is 0 Å². The quantitative estimate of drug-likeness (QED) is 0.750. The standard InChI is InChI=1S/C10H11FN2/c1-7(5-12)9-3-2-8(6-13)4-10(9)11/h2-4,7H,5,12H2,1H3/t7-/m0/s1. The van der Waals surface area contributed by atoms with Crippen LogP contribution in [0.15, 0.2) is 18.2 Å². The summed E-state index contributed by atoms with van der Waals surface area (Å²) in [7, 11) is 0. The van der Waals surface area contributed by atoms with E-state index in [9.17, 15) is 4.39 Å². The molecular weight excluding hydrogens is 167 g/mol. The first-order valence-corrected chi connectivity index (χ1v) is 4.08. The summed E-state index contributed by atoms with van der Waals surface area (Å²) in [5.74, 6) is -0.357. The number of hydrogen-bond acceptors (Lipinski definition) is 2. The van der Waals surface area contributed by atoms with E-state index in [-0.39, 0.29) is 11.7 Å². The lowest BCUT2D eigenvalue weighted by Gasteiger charge is -2.09. The fourth-order valence-corrected chi connectivity index (χ4v) is 1.12. The average molecular weight is 178 g/mol. The SMILES string of the molecule is C[C@@H](CN)c1ccc(C#N)cc1F. The Balaban J connectivity index is 3.07. The Bertz CT molecular complexity index is 341. The van der Waals surface area contributed by atoms with Crippen LogP contribution in [-0.4, -0.2) is 6.54 Å². The van der Waals surface area contributed by atoms with E-state index in [1.54, 1.807) is 12.1 Å². The summed E-state index contributed by atoms with van der Waals surface area (Å²) in [6, 6.07) is 6.34. The number of nitrogens with two attached hydrogens (primary N) is 1. The van der Waals surface area contributed by atoms with Gasteiger partial charge in [-0.25, -0.2) is 4.39 Å². The summed E-state index contributed by atoms with van der Waals surface area (Å²) in [4.78, 5) is 0. The summed E-state index contributed by atoms with van der Waals surface area (Å²) in [5.41, 5.74) is 6.32. The largest absolute Gasteiger partial charge is 0.330 e. The molecule has 68 valence electrons. The lowest BCUT2D eigenvalue weighted by Crippen LogP contribution is -2.10. The van der Waals surface area contributed by atoms with Crippen LogP contribution in [0.25, 0.3) is 0 Å². The van der Waals surface area contributed by atoms with Gasteiger partial charge in [-0.2, -0.15) is 5.26 Å². The van der Waals surface area contributed by atoms with Crippen LogP contribution in [0.5, 0.6) is 0 Å². The monoisotopic (exact) mass is 178 g/mol. The third kappa shape index (κ3) is 2.04. The van der Waals surface area contributed by atoms with Gasteiger partial charge in [-0.15, -0.1) is 0 Å². The second-order valence-electron chi connectivity index (χ2n) is 2.98. The minimum Gasteiger partial charge on any atom is -0.330 e. The summed E-state index contributed by atoms with van der Waals surface area (Å²) in [6.07, 6.45) is 0. The van der Waals surface area contributed by atoms with E-state index in [4.69, 9.17) is 11.0 Å². The normalized spacial score (nSPS) is 12.2. The van der Waals surface area contributed by atoms with Crippen LogP contribution in [0, 0.1) is 17.1 Å². The highest BCUT2D eigenvalue weighted by atomic mass is 19.1. The third-order valence-corrected chi connectivity index (χ3v) is 2.01. The first kappa shape index (κ1) is 9.69. The Morgan fingerprint density at radius 3 is 2.77 bits per heavy atom. The van der Waals surface area contributed by atoms with Gasteiger partial charge in [-0.05, 0) is 30.2 Å². The highest BCUT2D eigenvalue weighted by molar-refractivity contribution is 5.34. The number of rotatable bonds is 2. The number of nitriles is 1. The molecule has 0 heterocycles. The van der Waals surface area contributed by atoms with Crippen molar-refractivity contribution in [1.82, 2.24) is 0 Å². The van der Waals surface area contributed by atoms with E-state index in [1.807, 2.05) is 13.0 Å². The van der Waals surface area contributed by atoms with Crippen molar-refractivity contribution >= 4 is 0 Å². The third-order valence-electron chi connectivity index (χ3n) is 2.01. The molecule has 0 amide bonds. The van der Waals surface area contributed by atoms with Gasteiger partial charge in [0.25, 0.3) is 0 Å². The topological polar surface area (TPSA) is 49.8 Å². The molecule has 0 aliphatic rings. The molecule has 2 nitrogen and oxygen atoms in total. The average Bonchev–Trinajstić information content (AvgIpc) is 2.16. The van der Waals surface area contributed by atoms with Gasteiger partial charge < -0.3 is 5.73 Å². The van der Waals surface area contributed by atoms with Crippen molar-refractivity contribution in [3.05, 3.63) is 35.1 Å². The Morgan fingerprint density at radius 1 is 1.62 bits per heavy atom. The molecule has 0 aliphatic heterocycles. The molecule has 1 aromatic carbocycles. The van der Waals surface area contributed by atoms with Crippen molar-refractivity contribution in [3.8, 4) is 6.07 Å². The van der Waals surface area contributed by atoms with E-state index < -0.39 is 0 Å². The summed E-state index contributed by atoms with van der Waals surface area (Å²) < 4.78 is 13.3. The molecule has 0 bridgehead atoms. The molecule has 0 saturated heterocycles. The van der Waals surface area contributed by atoms with Crippen molar-refractivity contribution in [2.75, 3.05) is 6.54 Å². The molecular formula is C10H11FN2. The van der Waals surface area contributed by atoms with Crippen molar-refractivity contribution < 1.29 is 4.39 Å². The minimum atomic E-state index is -0.350.